The third-order valence-electron chi connectivity index (χ3n) is 2.70. The number of aliphatic carboxylic acids is 1. The Kier molecular flexibility index (Phi) is 5.07. The quantitative estimate of drug-likeness (QED) is 0.795. The van der Waals surface area contributed by atoms with Crippen LogP contribution in [0.25, 0.3) is 0 Å². The lowest BCUT2D eigenvalue weighted by molar-refractivity contribution is -0.140. The van der Waals surface area contributed by atoms with Crippen LogP contribution in [0.15, 0.2) is 23.2 Å². The van der Waals surface area contributed by atoms with Crippen molar-refractivity contribution < 1.29 is 18.3 Å². The minimum Gasteiger partial charge on any atom is -0.480 e. The standard InChI is InChI=1S/C12H19N3O4S/c1-8(2)11(12(16)17)14-20(18,19)9-5-6-10(13-7-9)15(3)4/h5-8,11,14H,1-4H3,(H,16,17)/t11-/m0/s1. The van der Waals surface area contributed by atoms with E-state index in [-0.39, 0.29) is 10.8 Å². The summed E-state index contributed by atoms with van der Waals surface area (Å²) in [7, 11) is -0.332. The third-order valence-corrected chi connectivity index (χ3v) is 4.13. The first-order chi connectivity index (χ1) is 9.15. The molecule has 0 spiro atoms. The Balaban J connectivity index is 3.01. The van der Waals surface area contributed by atoms with Crippen molar-refractivity contribution in [3.05, 3.63) is 18.3 Å². The van der Waals surface area contributed by atoms with Crippen molar-refractivity contribution >= 4 is 21.8 Å². The van der Waals surface area contributed by atoms with E-state index in [1.54, 1.807) is 38.9 Å². The second-order valence-electron chi connectivity index (χ2n) is 4.93. The molecule has 1 heterocycles. The molecule has 0 unspecified atom stereocenters. The first kappa shape index (κ1) is 16.4. The number of pyridine rings is 1. The Hall–Kier alpha value is -1.67. The molecule has 1 aromatic rings. The number of carboxylic acid groups (broad SMARTS) is 1. The van der Waals surface area contributed by atoms with Gasteiger partial charge in [0.1, 0.15) is 16.8 Å². The Morgan fingerprint density at radius 1 is 1.35 bits per heavy atom. The van der Waals surface area contributed by atoms with Gasteiger partial charge < -0.3 is 10.0 Å². The molecule has 0 aromatic carbocycles. The molecule has 20 heavy (non-hydrogen) atoms. The maximum Gasteiger partial charge on any atom is 0.322 e. The van der Waals surface area contributed by atoms with Gasteiger partial charge in [0, 0.05) is 20.3 Å². The molecule has 0 aliphatic rings. The van der Waals surface area contributed by atoms with Crippen LogP contribution < -0.4 is 9.62 Å². The van der Waals surface area contributed by atoms with Crippen LogP contribution in [0.2, 0.25) is 0 Å². The van der Waals surface area contributed by atoms with Gasteiger partial charge in [0.15, 0.2) is 0 Å². The highest BCUT2D eigenvalue weighted by molar-refractivity contribution is 7.89. The van der Waals surface area contributed by atoms with Gasteiger partial charge in [-0.2, -0.15) is 4.72 Å². The molecule has 1 aromatic heterocycles. The van der Waals surface area contributed by atoms with Gasteiger partial charge in [-0.1, -0.05) is 13.8 Å². The monoisotopic (exact) mass is 301 g/mol. The Morgan fingerprint density at radius 2 is 1.95 bits per heavy atom. The molecule has 7 nitrogen and oxygen atoms in total. The first-order valence-electron chi connectivity index (χ1n) is 6.03. The van der Waals surface area contributed by atoms with Crippen molar-refractivity contribution in [1.82, 2.24) is 9.71 Å². The summed E-state index contributed by atoms with van der Waals surface area (Å²) in [5, 5.41) is 9.02. The lowest BCUT2D eigenvalue weighted by Gasteiger charge is -2.18. The largest absolute Gasteiger partial charge is 0.480 e. The highest BCUT2D eigenvalue weighted by atomic mass is 32.2. The SMILES string of the molecule is CC(C)[C@H](NS(=O)(=O)c1ccc(N(C)C)nc1)C(=O)O. The molecule has 0 fully saturated rings. The van der Waals surface area contributed by atoms with Crippen LogP contribution in [0.3, 0.4) is 0 Å². The molecule has 0 aliphatic heterocycles. The smallest absolute Gasteiger partial charge is 0.322 e. The van der Waals surface area contributed by atoms with Crippen LogP contribution in [0, 0.1) is 5.92 Å². The number of hydrogen-bond acceptors (Lipinski definition) is 5. The van der Waals surface area contributed by atoms with E-state index < -0.39 is 22.0 Å². The lowest BCUT2D eigenvalue weighted by Crippen LogP contribution is -2.44. The number of nitrogens with zero attached hydrogens (tertiary/aromatic N) is 2. The molecule has 0 saturated carbocycles. The van der Waals surface area contributed by atoms with Crippen LogP contribution in [0.1, 0.15) is 13.8 Å². The summed E-state index contributed by atoms with van der Waals surface area (Å²) in [6.07, 6.45) is 1.21. The number of nitrogens with one attached hydrogen (secondary N) is 1. The van der Waals surface area contributed by atoms with E-state index in [4.69, 9.17) is 5.11 Å². The zero-order valence-electron chi connectivity index (χ0n) is 11.9. The molecule has 1 rings (SSSR count). The number of carboxylic acids is 1. The van der Waals surface area contributed by atoms with Crippen molar-refractivity contribution in [2.24, 2.45) is 5.92 Å². The molecular weight excluding hydrogens is 282 g/mol. The average molecular weight is 301 g/mol. The third kappa shape index (κ3) is 3.91. The highest BCUT2D eigenvalue weighted by Crippen LogP contribution is 2.14. The second-order valence-corrected chi connectivity index (χ2v) is 6.64. The lowest BCUT2D eigenvalue weighted by atomic mass is 10.1. The second kappa shape index (κ2) is 6.19. The van der Waals surface area contributed by atoms with E-state index in [0.29, 0.717) is 5.82 Å². The van der Waals surface area contributed by atoms with Gasteiger partial charge in [-0.3, -0.25) is 4.79 Å². The summed E-state index contributed by atoms with van der Waals surface area (Å²) >= 11 is 0. The van der Waals surface area contributed by atoms with Crippen LogP contribution in [-0.4, -0.2) is 44.6 Å². The zero-order valence-corrected chi connectivity index (χ0v) is 12.7. The van der Waals surface area contributed by atoms with Crippen molar-refractivity contribution in [1.29, 1.82) is 0 Å². The fourth-order valence-corrected chi connectivity index (χ4v) is 2.78. The van der Waals surface area contributed by atoms with E-state index in [2.05, 4.69) is 9.71 Å². The minimum absolute atomic E-state index is 0.0602. The first-order valence-corrected chi connectivity index (χ1v) is 7.52. The van der Waals surface area contributed by atoms with Crippen molar-refractivity contribution in [3.63, 3.8) is 0 Å². The average Bonchev–Trinajstić information content (AvgIpc) is 2.35. The number of carbonyl (C=O) groups is 1. The predicted octanol–water partition coefficient (Wildman–Crippen LogP) is 0.535. The van der Waals surface area contributed by atoms with Gasteiger partial charge in [-0.05, 0) is 18.1 Å². The number of aromatic nitrogens is 1. The van der Waals surface area contributed by atoms with Crippen molar-refractivity contribution in [3.8, 4) is 0 Å². The van der Waals surface area contributed by atoms with Gasteiger partial charge in [0.2, 0.25) is 10.0 Å². The Morgan fingerprint density at radius 3 is 2.30 bits per heavy atom. The maximum absolute atomic E-state index is 12.1. The topological polar surface area (TPSA) is 99.6 Å². The predicted molar refractivity (Wildman–Crippen MR) is 75.1 cm³/mol. The summed E-state index contributed by atoms with van der Waals surface area (Å²) in [4.78, 5) is 16.7. The molecule has 0 bridgehead atoms. The fraction of sp³-hybridized carbons (Fsp3) is 0.500. The Bertz CT molecular complexity index is 567. The summed E-state index contributed by atoms with van der Waals surface area (Å²) in [6.45, 7) is 3.27. The number of sulfonamides is 1. The summed E-state index contributed by atoms with van der Waals surface area (Å²) < 4.78 is 26.4. The maximum atomic E-state index is 12.1. The van der Waals surface area contributed by atoms with Crippen molar-refractivity contribution in [2.75, 3.05) is 19.0 Å². The Labute approximate surface area is 118 Å². The molecule has 0 radical (unpaired) electrons. The van der Waals surface area contributed by atoms with Crippen LogP contribution in [-0.2, 0) is 14.8 Å². The number of rotatable bonds is 6. The fourth-order valence-electron chi connectivity index (χ4n) is 1.50. The number of hydrogen-bond donors (Lipinski definition) is 2. The minimum atomic E-state index is -3.90. The molecule has 0 aliphatic carbocycles. The van der Waals surface area contributed by atoms with Crippen LogP contribution >= 0.6 is 0 Å². The zero-order chi connectivity index (χ0) is 15.5. The molecule has 2 N–H and O–H groups in total. The van der Waals surface area contributed by atoms with Gasteiger partial charge >= 0.3 is 5.97 Å². The molecule has 112 valence electrons. The van der Waals surface area contributed by atoms with Crippen LogP contribution in [0.4, 0.5) is 5.82 Å². The summed E-state index contributed by atoms with van der Waals surface area (Å²) in [5.74, 6) is -0.958. The van der Waals surface area contributed by atoms with Gasteiger partial charge in [0.25, 0.3) is 0 Å². The van der Waals surface area contributed by atoms with Crippen LogP contribution in [0.5, 0.6) is 0 Å². The van der Waals surface area contributed by atoms with E-state index in [1.807, 2.05) is 0 Å². The van der Waals surface area contributed by atoms with E-state index in [1.165, 1.54) is 12.3 Å². The molecule has 0 saturated heterocycles. The molecule has 8 heteroatoms. The summed E-state index contributed by atoms with van der Waals surface area (Å²) in [5.41, 5.74) is 0. The van der Waals surface area contributed by atoms with E-state index in [9.17, 15) is 13.2 Å². The van der Waals surface area contributed by atoms with E-state index in [0.717, 1.165) is 0 Å². The highest BCUT2D eigenvalue weighted by Gasteiger charge is 2.28. The normalized spacial score (nSPS) is 13.2. The van der Waals surface area contributed by atoms with Gasteiger partial charge in [-0.25, -0.2) is 13.4 Å². The molecular formula is C12H19N3O4S. The summed E-state index contributed by atoms with van der Waals surface area (Å²) in [6, 6.07) is 1.78. The van der Waals surface area contributed by atoms with Crippen molar-refractivity contribution in [2.45, 2.75) is 24.8 Å². The molecule has 1 atom stereocenters. The molecule has 0 amide bonds. The van der Waals surface area contributed by atoms with Gasteiger partial charge in [0.05, 0.1) is 0 Å². The van der Waals surface area contributed by atoms with Gasteiger partial charge in [-0.15, -0.1) is 0 Å². The number of anilines is 1. The van der Waals surface area contributed by atoms with E-state index >= 15 is 0 Å².